The van der Waals surface area contributed by atoms with Crippen molar-refractivity contribution in [2.45, 2.75) is 27.4 Å². The summed E-state index contributed by atoms with van der Waals surface area (Å²) in [6.45, 7) is 6.49. The average molecular weight is 477 g/mol. The first kappa shape index (κ1) is 25.5. The van der Waals surface area contributed by atoms with Crippen LogP contribution in [-0.2, 0) is 16.1 Å². The first-order valence-electron chi connectivity index (χ1n) is 11.2. The van der Waals surface area contributed by atoms with E-state index in [-0.39, 0.29) is 24.7 Å². The van der Waals surface area contributed by atoms with Crippen molar-refractivity contribution in [3.8, 4) is 23.4 Å². The Morgan fingerprint density at radius 3 is 2.63 bits per heavy atom. The van der Waals surface area contributed by atoms with Gasteiger partial charge in [-0.2, -0.15) is 10.4 Å². The Balaban J connectivity index is 1.76. The first-order chi connectivity index (χ1) is 17.0. The van der Waals surface area contributed by atoms with Crippen molar-refractivity contribution in [3.63, 3.8) is 0 Å². The number of hydrazone groups is 1. The third-order valence-corrected chi connectivity index (χ3v) is 4.94. The normalized spacial score (nSPS) is 10.8. The zero-order valence-corrected chi connectivity index (χ0v) is 20.3. The van der Waals surface area contributed by atoms with Gasteiger partial charge in [0.15, 0.2) is 6.61 Å². The van der Waals surface area contributed by atoms with E-state index in [1.165, 1.54) is 13.3 Å². The van der Waals surface area contributed by atoms with E-state index < -0.39 is 5.91 Å². The van der Waals surface area contributed by atoms with Crippen LogP contribution in [0.25, 0.3) is 10.8 Å². The molecule has 0 spiro atoms. The lowest BCUT2D eigenvalue weighted by Crippen LogP contribution is -2.25. The molecule has 0 saturated heterocycles. The maximum atomic E-state index is 12.4. The Morgan fingerprint density at radius 2 is 1.91 bits per heavy atom. The summed E-state index contributed by atoms with van der Waals surface area (Å²) in [6.07, 6.45) is 1.53. The molecule has 2 aromatic carbocycles. The molecule has 1 heterocycles. The predicted octanol–water partition coefficient (Wildman–Crippen LogP) is 3.89. The number of nitriles is 1. The highest BCUT2D eigenvalue weighted by molar-refractivity contribution is 6.03. The van der Waals surface area contributed by atoms with Gasteiger partial charge in [0.1, 0.15) is 23.1 Å². The van der Waals surface area contributed by atoms with Crippen LogP contribution in [0.1, 0.15) is 36.2 Å². The number of ether oxygens (including phenoxy) is 4. The summed E-state index contributed by atoms with van der Waals surface area (Å²) < 4.78 is 22.0. The molecule has 0 radical (unpaired) electrons. The van der Waals surface area contributed by atoms with Gasteiger partial charge in [0.25, 0.3) is 5.91 Å². The number of hydrogen-bond acceptors (Lipinski definition) is 8. The molecule has 1 aromatic heterocycles. The van der Waals surface area contributed by atoms with E-state index in [1.807, 2.05) is 44.2 Å². The molecule has 35 heavy (non-hydrogen) atoms. The van der Waals surface area contributed by atoms with E-state index >= 15 is 0 Å². The van der Waals surface area contributed by atoms with Gasteiger partial charge in [-0.05, 0) is 55.8 Å². The van der Waals surface area contributed by atoms with Crippen molar-refractivity contribution in [1.82, 2.24) is 10.4 Å². The Kier molecular flexibility index (Phi) is 8.98. The molecule has 0 unspecified atom stereocenters. The smallest absolute Gasteiger partial charge is 0.278 e. The fourth-order valence-corrected chi connectivity index (χ4v) is 3.51. The number of aryl methyl sites for hydroxylation is 1. The Morgan fingerprint density at radius 1 is 1.14 bits per heavy atom. The number of methoxy groups -OCH3 is 1. The van der Waals surface area contributed by atoms with Crippen LogP contribution in [0.3, 0.4) is 0 Å². The van der Waals surface area contributed by atoms with Crippen molar-refractivity contribution in [2.24, 2.45) is 5.10 Å². The second kappa shape index (κ2) is 12.3. The molecule has 182 valence electrons. The number of carbonyl (C=O) groups excluding carboxylic acids is 1. The topological polar surface area (TPSA) is 115 Å². The molecule has 0 bridgehead atoms. The fraction of sp³-hybridized carbons (Fsp3) is 0.308. The van der Waals surface area contributed by atoms with Crippen molar-refractivity contribution in [2.75, 3.05) is 26.9 Å². The Bertz CT molecular complexity index is 1260. The number of benzene rings is 2. The standard InChI is InChI=1S/C26H28N4O5/c1-5-33-20-9-7-18-8-10-24(34-6-2)23(21(18)12-20)14-28-30-25(31)16-35-26-22(13-27)19(15-32-4)11-17(3)29-26/h7-12,14H,5-6,15-16H2,1-4H3,(H,30,31)/b28-14+. The van der Waals surface area contributed by atoms with Crippen LogP contribution in [0, 0.1) is 18.3 Å². The molecule has 9 heteroatoms. The SMILES string of the molecule is CCOc1ccc2ccc(OCC)c(/C=N/NC(=O)COc3nc(C)cc(COC)c3C#N)c2c1. The largest absolute Gasteiger partial charge is 0.494 e. The van der Waals surface area contributed by atoms with E-state index in [0.717, 1.165) is 16.5 Å². The third kappa shape index (κ3) is 6.46. The molecular weight excluding hydrogens is 448 g/mol. The summed E-state index contributed by atoms with van der Waals surface area (Å²) in [7, 11) is 1.54. The summed E-state index contributed by atoms with van der Waals surface area (Å²) in [4.78, 5) is 16.6. The lowest BCUT2D eigenvalue weighted by Gasteiger charge is -2.12. The number of amides is 1. The summed E-state index contributed by atoms with van der Waals surface area (Å²) >= 11 is 0. The number of fused-ring (bicyclic) bond motifs is 1. The molecule has 0 aliphatic rings. The van der Waals surface area contributed by atoms with E-state index in [9.17, 15) is 10.1 Å². The number of pyridine rings is 1. The highest BCUT2D eigenvalue weighted by Crippen LogP contribution is 2.30. The minimum atomic E-state index is -0.505. The highest BCUT2D eigenvalue weighted by atomic mass is 16.5. The Hall–Kier alpha value is -4.16. The van der Waals surface area contributed by atoms with Gasteiger partial charge in [-0.15, -0.1) is 0 Å². The molecule has 0 aliphatic carbocycles. The van der Waals surface area contributed by atoms with Crippen LogP contribution in [0.15, 0.2) is 41.5 Å². The van der Waals surface area contributed by atoms with Crippen molar-refractivity contribution >= 4 is 22.9 Å². The van der Waals surface area contributed by atoms with E-state index in [0.29, 0.717) is 35.8 Å². The van der Waals surface area contributed by atoms with Gasteiger partial charge in [-0.3, -0.25) is 4.79 Å². The zero-order valence-electron chi connectivity index (χ0n) is 20.3. The maximum Gasteiger partial charge on any atom is 0.278 e. The number of nitrogens with zero attached hydrogens (tertiary/aromatic N) is 3. The molecule has 1 N–H and O–H groups in total. The lowest BCUT2D eigenvalue weighted by molar-refractivity contribution is -0.123. The van der Waals surface area contributed by atoms with E-state index in [2.05, 4.69) is 21.6 Å². The molecule has 9 nitrogen and oxygen atoms in total. The minimum absolute atomic E-state index is 0.0785. The zero-order chi connectivity index (χ0) is 25.2. The number of carbonyl (C=O) groups is 1. The van der Waals surface area contributed by atoms with Crippen LogP contribution in [0.4, 0.5) is 0 Å². The first-order valence-corrected chi connectivity index (χ1v) is 11.2. The number of rotatable bonds is 11. The van der Waals surface area contributed by atoms with Gasteiger partial charge in [0, 0.05) is 23.9 Å². The Labute approximate surface area is 204 Å². The number of aromatic nitrogens is 1. The second-order valence-corrected chi connectivity index (χ2v) is 7.46. The molecule has 0 fully saturated rings. The summed E-state index contributed by atoms with van der Waals surface area (Å²) in [5.74, 6) is 0.938. The average Bonchev–Trinajstić information content (AvgIpc) is 2.84. The lowest BCUT2D eigenvalue weighted by atomic mass is 10.0. The van der Waals surface area contributed by atoms with Crippen LogP contribution < -0.4 is 19.6 Å². The number of hydrogen-bond donors (Lipinski definition) is 1. The summed E-state index contributed by atoms with van der Waals surface area (Å²) in [5, 5.41) is 15.4. The molecule has 1 amide bonds. The second-order valence-electron chi connectivity index (χ2n) is 7.46. The molecule has 0 saturated carbocycles. The summed E-state index contributed by atoms with van der Waals surface area (Å²) in [6, 6.07) is 13.4. The quantitative estimate of drug-likeness (QED) is 0.330. The van der Waals surface area contributed by atoms with Gasteiger partial charge in [0.05, 0.1) is 26.0 Å². The van der Waals surface area contributed by atoms with Crippen LogP contribution >= 0.6 is 0 Å². The number of nitrogens with one attached hydrogen (secondary N) is 1. The van der Waals surface area contributed by atoms with E-state index in [1.54, 1.807) is 13.0 Å². The van der Waals surface area contributed by atoms with Gasteiger partial charge < -0.3 is 18.9 Å². The highest BCUT2D eigenvalue weighted by Gasteiger charge is 2.14. The van der Waals surface area contributed by atoms with Crippen LogP contribution in [0.2, 0.25) is 0 Å². The molecule has 3 rings (SSSR count). The van der Waals surface area contributed by atoms with Crippen molar-refractivity contribution < 1.29 is 23.7 Å². The minimum Gasteiger partial charge on any atom is -0.494 e. The van der Waals surface area contributed by atoms with E-state index in [4.69, 9.17) is 18.9 Å². The van der Waals surface area contributed by atoms with Gasteiger partial charge in [-0.25, -0.2) is 10.4 Å². The maximum absolute atomic E-state index is 12.4. The molecular formula is C26H28N4O5. The van der Waals surface area contributed by atoms with Gasteiger partial charge in [0.2, 0.25) is 5.88 Å². The van der Waals surface area contributed by atoms with Crippen molar-refractivity contribution in [3.05, 3.63) is 58.8 Å². The summed E-state index contributed by atoms with van der Waals surface area (Å²) in [5.41, 5.74) is 4.68. The van der Waals surface area contributed by atoms with Crippen LogP contribution in [0.5, 0.6) is 17.4 Å². The molecule has 0 atom stereocenters. The fourth-order valence-electron chi connectivity index (χ4n) is 3.51. The third-order valence-electron chi connectivity index (χ3n) is 4.94. The predicted molar refractivity (Wildman–Crippen MR) is 132 cm³/mol. The van der Waals surface area contributed by atoms with Gasteiger partial charge in [-0.1, -0.05) is 12.1 Å². The van der Waals surface area contributed by atoms with Crippen molar-refractivity contribution in [1.29, 1.82) is 5.26 Å². The molecule has 3 aromatic rings. The van der Waals surface area contributed by atoms with Crippen LogP contribution in [-0.4, -0.2) is 44.0 Å². The molecule has 0 aliphatic heterocycles. The van der Waals surface area contributed by atoms with Gasteiger partial charge >= 0.3 is 0 Å². The monoisotopic (exact) mass is 476 g/mol.